The molecule has 1 rings (SSSR count). The molecule has 0 aliphatic rings. The van der Waals surface area contributed by atoms with E-state index in [1.165, 1.54) is 12.1 Å². The van der Waals surface area contributed by atoms with Crippen molar-refractivity contribution in [1.82, 2.24) is 4.72 Å². The standard InChI is InChI=1S/C12H18FNO2S/c1-3-5-11(4-2)14-17(15,16)12-8-6-10(13)7-9-12/h6-9,11,14H,3-5H2,1-2H3. The van der Waals surface area contributed by atoms with Gasteiger partial charge in [0.15, 0.2) is 0 Å². The van der Waals surface area contributed by atoms with E-state index in [1.54, 1.807) is 0 Å². The van der Waals surface area contributed by atoms with E-state index < -0.39 is 15.8 Å². The smallest absolute Gasteiger partial charge is 0.208 e. The van der Waals surface area contributed by atoms with E-state index in [9.17, 15) is 12.8 Å². The van der Waals surface area contributed by atoms with Crippen LogP contribution in [-0.4, -0.2) is 14.5 Å². The summed E-state index contributed by atoms with van der Waals surface area (Å²) in [7, 11) is -3.53. The summed E-state index contributed by atoms with van der Waals surface area (Å²) in [5, 5.41) is 0. The SMILES string of the molecule is CCCC(CC)NS(=O)(=O)c1ccc(F)cc1. The average Bonchev–Trinajstić information content (AvgIpc) is 2.28. The molecule has 1 aromatic rings. The van der Waals surface area contributed by atoms with Crippen LogP contribution in [0.4, 0.5) is 4.39 Å². The molecule has 0 heterocycles. The number of rotatable bonds is 6. The van der Waals surface area contributed by atoms with Crippen molar-refractivity contribution in [3.8, 4) is 0 Å². The Labute approximate surface area is 102 Å². The van der Waals surface area contributed by atoms with Crippen LogP contribution >= 0.6 is 0 Å². The molecule has 17 heavy (non-hydrogen) atoms. The minimum atomic E-state index is -3.53. The molecule has 5 heteroatoms. The molecule has 0 saturated heterocycles. The number of hydrogen-bond donors (Lipinski definition) is 1. The third-order valence-electron chi connectivity index (χ3n) is 2.58. The molecule has 0 amide bonds. The molecule has 1 aromatic carbocycles. The number of sulfonamides is 1. The molecule has 3 nitrogen and oxygen atoms in total. The van der Waals surface area contributed by atoms with Crippen molar-refractivity contribution in [2.24, 2.45) is 0 Å². The highest BCUT2D eigenvalue weighted by Crippen LogP contribution is 2.12. The van der Waals surface area contributed by atoms with E-state index in [-0.39, 0.29) is 10.9 Å². The van der Waals surface area contributed by atoms with Gasteiger partial charge in [-0.15, -0.1) is 0 Å². The van der Waals surface area contributed by atoms with Crippen LogP contribution in [-0.2, 0) is 10.0 Å². The summed E-state index contributed by atoms with van der Waals surface area (Å²) >= 11 is 0. The number of halogens is 1. The van der Waals surface area contributed by atoms with Crippen molar-refractivity contribution in [2.75, 3.05) is 0 Å². The maximum atomic E-state index is 12.7. The fraction of sp³-hybridized carbons (Fsp3) is 0.500. The van der Waals surface area contributed by atoms with E-state index >= 15 is 0 Å². The van der Waals surface area contributed by atoms with Gasteiger partial charge in [-0.3, -0.25) is 0 Å². The van der Waals surface area contributed by atoms with Crippen molar-refractivity contribution >= 4 is 10.0 Å². The number of hydrogen-bond acceptors (Lipinski definition) is 2. The molecule has 1 unspecified atom stereocenters. The molecule has 0 aliphatic heterocycles. The van der Waals surface area contributed by atoms with Crippen molar-refractivity contribution in [3.63, 3.8) is 0 Å². The molecule has 0 saturated carbocycles. The van der Waals surface area contributed by atoms with E-state index in [1.807, 2.05) is 13.8 Å². The fourth-order valence-electron chi connectivity index (χ4n) is 1.60. The first-order valence-electron chi connectivity index (χ1n) is 5.77. The van der Waals surface area contributed by atoms with Crippen LogP contribution in [0.25, 0.3) is 0 Å². The summed E-state index contributed by atoms with van der Waals surface area (Å²) in [6.45, 7) is 3.95. The summed E-state index contributed by atoms with van der Waals surface area (Å²) in [5.41, 5.74) is 0. The lowest BCUT2D eigenvalue weighted by atomic mass is 10.1. The lowest BCUT2D eigenvalue weighted by molar-refractivity contribution is 0.512. The fourth-order valence-corrected chi connectivity index (χ4v) is 2.95. The molecule has 1 N–H and O–H groups in total. The largest absolute Gasteiger partial charge is 0.240 e. The second kappa shape index (κ2) is 6.12. The van der Waals surface area contributed by atoms with Gasteiger partial charge in [0.25, 0.3) is 0 Å². The lowest BCUT2D eigenvalue weighted by Crippen LogP contribution is -2.34. The van der Waals surface area contributed by atoms with Crippen LogP contribution in [0.5, 0.6) is 0 Å². The van der Waals surface area contributed by atoms with Gasteiger partial charge >= 0.3 is 0 Å². The summed E-state index contributed by atoms with van der Waals surface area (Å²) in [4.78, 5) is 0.105. The Morgan fingerprint density at radius 1 is 1.24 bits per heavy atom. The van der Waals surface area contributed by atoms with Crippen LogP contribution in [0, 0.1) is 5.82 Å². The normalized spacial score (nSPS) is 13.6. The summed E-state index contributed by atoms with van der Waals surface area (Å²) in [6, 6.07) is 4.78. The topological polar surface area (TPSA) is 46.2 Å². The Bertz CT molecular complexity index is 442. The maximum Gasteiger partial charge on any atom is 0.240 e. The van der Waals surface area contributed by atoms with Gasteiger partial charge in [0.2, 0.25) is 10.0 Å². The Kier molecular flexibility index (Phi) is 5.08. The predicted molar refractivity (Wildman–Crippen MR) is 65.7 cm³/mol. The first-order chi connectivity index (χ1) is 7.99. The molecule has 0 fully saturated rings. The molecule has 0 radical (unpaired) electrons. The predicted octanol–water partition coefficient (Wildman–Crippen LogP) is 2.68. The molecule has 0 bridgehead atoms. The number of benzene rings is 1. The van der Waals surface area contributed by atoms with Gasteiger partial charge in [-0.2, -0.15) is 0 Å². The average molecular weight is 259 g/mol. The van der Waals surface area contributed by atoms with Crippen LogP contribution < -0.4 is 4.72 Å². The molecule has 0 aromatic heterocycles. The molecule has 0 spiro atoms. The summed E-state index contributed by atoms with van der Waals surface area (Å²) in [5.74, 6) is -0.440. The van der Waals surface area contributed by atoms with Crippen molar-refractivity contribution < 1.29 is 12.8 Å². The lowest BCUT2D eigenvalue weighted by Gasteiger charge is -2.16. The Morgan fingerprint density at radius 2 is 1.82 bits per heavy atom. The van der Waals surface area contributed by atoms with Gasteiger partial charge in [0.05, 0.1) is 4.90 Å². The number of nitrogens with one attached hydrogen (secondary N) is 1. The molecule has 1 atom stereocenters. The van der Waals surface area contributed by atoms with Gasteiger partial charge in [0, 0.05) is 6.04 Å². The van der Waals surface area contributed by atoms with E-state index in [4.69, 9.17) is 0 Å². The molecule has 96 valence electrons. The van der Waals surface area contributed by atoms with Crippen LogP contribution in [0.2, 0.25) is 0 Å². The quantitative estimate of drug-likeness (QED) is 0.853. The van der Waals surface area contributed by atoms with Gasteiger partial charge in [-0.05, 0) is 37.1 Å². The highest BCUT2D eigenvalue weighted by atomic mass is 32.2. The van der Waals surface area contributed by atoms with E-state index in [2.05, 4.69) is 4.72 Å². The Balaban J connectivity index is 2.84. The molecule has 0 aliphatic carbocycles. The minimum absolute atomic E-state index is 0.0601. The van der Waals surface area contributed by atoms with E-state index in [0.29, 0.717) is 0 Å². The summed E-state index contributed by atoms with van der Waals surface area (Å²) in [6.07, 6.45) is 2.47. The second-order valence-corrected chi connectivity index (χ2v) is 5.68. The van der Waals surface area contributed by atoms with Crippen LogP contribution in [0.3, 0.4) is 0 Å². The monoisotopic (exact) mass is 259 g/mol. The van der Waals surface area contributed by atoms with Gasteiger partial charge in [0.1, 0.15) is 5.82 Å². The van der Waals surface area contributed by atoms with Crippen molar-refractivity contribution in [3.05, 3.63) is 30.1 Å². The zero-order valence-electron chi connectivity index (χ0n) is 10.1. The maximum absolute atomic E-state index is 12.7. The second-order valence-electron chi connectivity index (χ2n) is 3.97. The molecular formula is C12H18FNO2S. The Morgan fingerprint density at radius 3 is 2.29 bits per heavy atom. The highest BCUT2D eigenvalue weighted by molar-refractivity contribution is 7.89. The van der Waals surface area contributed by atoms with Crippen LogP contribution in [0.15, 0.2) is 29.2 Å². The minimum Gasteiger partial charge on any atom is -0.208 e. The van der Waals surface area contributed by atoms with Crippen molar-refractivity contribution in [2.45, 2.75) is 44.0 Å². The zero-order chi connectivity index (χ0) is 12.9. The third kappa shape index (κ3) is 4.09. The van der Waals surface area contributed by atoms with Crippen molar-refractivity contribution in [1.29, 1.82) is 0 Å². The van der Waals surface area contributed by atoms with Gasteiger partial charge in [-0.1, -0.05) is 20.3 Å². The van der Waals surface area contributed by atoms with Gasteiger partial charge < -0.3 is 0 Å². The highest BCUT2D eigenvalue weighted by Gasteiger charge is 2.18. The van der Waals surface area contributed by atoms with E-state index in [0.717, 1.165) is 31.4 Å². The first kappa shape index (κ1) is 14.1. The van der Waals surface area contributed by atoms with Gasteiger partial charge in [-0.25, -0.2) is 17.5 Å². The van der Waals surface area contributed by atoms with Crippen LogP contribution in [0.1, 0.15) is 33.1 Å². The zero-order valence-corrected chi connectivity index (χ0v) is 10.9. The Hall–Kier alpha value is -0.940. The molecular weight excluding hydrogens is 241 g/mol. The summed E-state index contributed by atoms with van der Waals surface area (Å²) < 4.78 is 39.2. The third-order valence-corrected chi connectivity index (χ3v) is 4.11. The first-order valence-corrected chi connectivity index (χ1v) is 7.25.